The highest BCUT2D eigenvalue weighted by Gasteiger charge is 2.37. The van der Waals surface area contributed by atoms with Crippen LogP contribution in [0.5, 0.6) is 0 Å². The fourth-order valence-electron chi connectivity index (χ4n) is 4.85. The minimum atomic E-state index is -4.00. The third-order valence-corrected chi connectivity index (χ3v) is 9.05. The number of β-amino-alcohol motifs (C(OH)–C–C–N with tert-alkyl or cyclic N) is 1. The van der Waals surface area contributed by atoms with E-state index in [1.165, 1.54) is 16.4 Å². The third-order valence-electron chi connectivity index (χ3n) is 7.12. The van der Waals surface area contributed by atoms with Crippen molar-refractivity contribution in [1.29, 1.82) is 0 Å². The van der Waals surface area contributed by atoms with E-state index >= 15 is 0 Å². The Kier molecular flexibility index (Phi) is 8.84. The number of carbonyl (C=O) groups excluding carboxylic acids is 1. The number of rotatable bonds is 8. The summed E-state index contributed by atoms with van der Waals surface area (Å²) in [5.41, 5.74) is 1.31. The first-order valence-electron chi connectivity index (χ1n) is 12.7. The topological polar surface area (TPSA) is 105 Å². The van der Waals surface area contributed by atoms with E-state index in [1.54, 1.807) is 0 Å². The van der Waals surface area contributed by atoms with Crippen LogP contribution in [0, 0.1) is 17.7 Å². The Morgan fingerprint density at radius 2 is 2.00 bits per heavy atom. The molecule has 0 bridgehead atoms. The maximum absolute atomic E-state index is 14.0. The average Bonchev–Trinajstić information content (AvgIpc) is 3.32. The van der Waals surface area contributed by atoms with Crippen molar-refractivity contribution in [3.8, 4) is 0 Å². The third kappa shape index (κ3) is 6.87. The van der Waals surface area contributed by atoms with E-state index in [2.05, 4.69) is 5.32 Å². The molecule has 0 saturated carbocycles. The summed E-state index contributed by atoms with van der Waals surface area (Å²) in [5, 5.41) is 14.1. The minimum absolute atomic E-state index is 0.0532. The molecule has 1 fully saturated rings. The van der Waals surface area contributed by atoms with Crippen LogP contribution in [0.15, 0.2) is 53.4 Å². The highest BCUT2D eigenvalue weighted by Crippen LogP contribution is 2.32. The van der Waals surface area contributed by atoms with Crippen molar-refractivity contribution in [1.82, 2.24) is 9.62 Å². The maximum Gasteiger partial charge on any atom is 0.407 e. The number of benzene rings is 2. The Bertz CT molecular complexity index is 1170. The van der Waals surface area contributed by atoms with Gasteiger partial charge in [-0.3, -0.25) is 0 Å². The highest BCUT2D eigenvalue weighted by atomic mass is 32.2. The van der Waals surface area contributed by atoms with Crippen LogP contribution in [0.2, 0.25) is 0 Å². The predicted molar refractivity (Wildman–Crippen MR) is 136 cm³/mol. The number of carbonyl (C=O) groups is 1. The lowest BCUT2D eigenvalue weighted by atomic mass is 9.89. The molecular formula is C27H35FN2O6S. The van der Waals surface area contributed by atoms with Gasteiger partial charge in [0.15, 0.2) is 0 Å². The van der Waals surface area contributed by atoms with Crippen LogP contribution in [0.1, 0.15) is 31.4 Å². The van der Waals surface area contributed by atoms with Crippen molar-refractivity contribution >= 4 is 16.1 Å². The van der Waals surface area contributed by atoms with Crippen molar-refractivity contribution < 1.29 is 32.2 Å². The number of amides is 1. The van der Waals surface area contributed by atoms with E-state index < -0.39 is 34.1 Å². The lowest BCUT2D eigenvalue weighted by Crippen LogP contribution is -2.51. The molecule has 2 N–H and O–H groups in total. The Morgan fingerprint density at radius 3 is 2.68 bits per heavy atom. The molecule has 202 valence electrons. The van der Waals surface area contributed by atoms with Gasteiger partial charge in [-0.15, -0.1) is 0 Å². The molecule has 2 aromatic carbocycles. The quantitative estimate of drug-likeness (QED) is 0.539. The number of fused-ring (bicyclic) bond motifs is 1. The van der Waals surface area contributed by atoms with Gasteiger partial charge in [0.25, 0.3) is 0 Å². The smallest absolute Gasteiger partial charge is 0.407 e. The van der Waals surface area contributed by atoms with Crippen LogP contribution in [0.25, 0.3) is 0 Å². The van der Waals surface area contributed by atoms with Crippen molar-refractivity contribution in [3.05, 3.63) is 65.5 Å². The van der Waals surface area contributed by atoms with E-state index in [0.29, 0.717) is 31.6 Å². The number of hydrogen-bond donors (Lipinski definition) is 2. The van der Waals surface area contributed by atoms with Gasteiger partial charge in [-0.25, -0.2) is 17.6 Å². The molecule has 2 aliphatic heterocycles. The number of alkyl carbamates (subject to hydrolysis) is 1. The Hall–Kier alpha value is -2.53. The van der Waals surface area contributed by atoms with E-state index in [9.17, 15) is 22.7 Å². The van der Waals surface area contributed by atoms with E-state index in [1.807, 2.05) is 44.2 Å². The zero-order valence-corrected chi connectivity index (χ0v) is 22.0. The molecule has 0 radical (unpaired) electrons. The average molecular weight is 535 g/mol. The van der Waals surface area contributed by atoms with E-state index in [4.69, 9.17) is 9.47 Å². The lowest BCUT2D eigenvalue weighted by Gasteiger charge is -2.31. The molecule has 0 aromatic heterocycles. The summed E-state index contributed by atoms with van der Waals surface area (Å²) in [6.45, 7) is 4.78. The molecule has 10 heteroatoms. The molecule has 2 heterocycles. The van der Waals surface area contributed by atoms with Crippen molar-refractivity contribution in [2.24, 2.45) is 11.8 Å². The monoisotopic (exact) mass is 534 g/mol. The molecule has 1 saturated heterocycles. The summed E-state index contributed by atoms with van der Waals surface area (Å²) in [6, 6.07) is 12.2. The van der Waals surface area contributed by atoms with Gasteiger partial charge in [0.1, 0.15) is 11.9 Å². The van der Waals surface area contributed by atoms with Gasteiger partial charge >= 0.3 is 6.09 Å². The summed E-state index contributed by atoms with van der Waals surface area (Å²) < 4.78 is 53.2. The zero-order valence-electron chi connectivity index (χ0n) is 21.2. The molecule has 8 nitrogen and oxygen atoms in total. The summed E-state index contributed by atoms with van der Waals surface area (Å²) >= 11 is 0. The Balaban J connectivity index is 1.57. The minimum Gasteiger partial charge on any atom is -0.444 e. The first-order valence-corrected chi connectivity index (χ1v) is 14.1. The fourth-order valence-corrected chi connectivity index (χ4v) is 6.58. The van der Waals surface area contributed by atoms with Gasteiger partial charge in [0, 0.05) is 19.5 Å². The van der Waals surface area contributed by atoms with Gasteiger partial charge in [-0.2, -0.15) is 4.31 Å². The summed E-state index contributed by atoms with van der Waals surface area (Å²) in [5.74, 6) is -0.424. The predicted octanol–water partition coefficient (Wildman–Crippen LogP) is 3.13. The van der Waals surface area contributed by atoms with Crippen LogP contribution in [-0.2, 0) is 32.3 Å². The normalized spacial score (nSPS) is 23.2. The number of hydrogen-bond acceptors (Lipinski definition) is 6. The second kappa shape index (κ2) is 11.9. The van der Waals surface area contributed by atoms with Gasteiger partial charge in [-0.1, -0.05) is 44.2 Å². The summed E-state index contributed by atoms with van der Waals surface area (Å²) in [6.07, 6.45) is -0.974. The number of halogens is 1. The lowest BCUT2D eigenvalue weighted by molar-refractivity contribution is 0.0638. The van der Waals surface area contributed by atoms with Crippen LogP contribution < -0.4 is 5.32 Å². The van der Waals surface area contributed by atoms with Crippen LogP contribution >= 0.6 is 0 Å². The van der Waals surface area contributed by atoms with Crippen LogP contribution in [-0.4, -0.2) is 68.5 Å². The van der Waals surface area contributed by atoms with Crippen LogP contribution in [0.4, 0.5) is 9.18 Å². The van der Waals surface area contributed by atoms with E-state index in [-0.39, 0.29) is 42.3 Å². The second-order valence-corrected chi connectivity index (χ2v) is 12.1. The molecule has 37 heavy (non-hydrogen) atoms. The highest BCUT2D eigenvalue weighted by molar-refractivity contribution is 7.89. The molecule has 0 spiro atoms. The van der Waals surface area contributed by atoms with Gasteiger partial charge < -0.3 is 19.9 Å². The molecule has 1 amide bonds. The number of ether oxygens (including phenoxy) is 2. The first-order chi connectivity index (χ1) is 17.6. The first kappa shape index (κ1) is 27.5. The Morgan fingerprint density at radius 1 is 1.24 bits per heavy atom. The molecule has 4 atom stereocenters. The maximum atomic E-state index is 14.0. The Labute approximate surface area is 217 Å². The summed E-state index contributed by atoms with van der Waals surface area (Å²) in [7, 11) is -4.00. The zero-order chi connectivity index (χ0) is 26.6. The molecular weight excluding hydrogens is 499 g/mol. The molecule has 0 aliphatic carbocycles. The number of aliphatic hydroxyl groups excluding tert-OH is 1. The standard InChI is InChI=1S/C27H35FN2O6S/c1-18(2)21-13-20-14-22(28)8-9-26(20)37(33,34)30(15-21)16-25(31)24(12-19-6-4-3-5-7-19)29-27(32)36-23-10-11-35-17-23/h3-9,14,18,21,23-25,31H,10-13,15-17H2,1-2H3,(H,29,32)/t21-,23+,24+,25-/m1/s1. The van der Waals surface area contributed by atoms with Gasteiger partial charge in [0.2, 0.25) is 10.0 Å². The van der Waals surface area contributed by atoms with Crippen molar-refractivity contribution in [2.45, 2.75) is 56.3 Å². The fraction of sp³-hybridized carbons (Fsp3) is 0.519. The number of sulfonamides is 1. The van der Waals surface area contributed by atoms with Crippen LogP contribution in [0.3, 0.4) is 0 Å². The van der Waals surface area contributed by atoms with E-state index in [0.717, 1.165) is 11.6 Å². The molecule has 0 unspecified atom stereocenters. The molecule has 2 aromatic rings. The number of nitrogens with zero attached hydrogens (tertiary/aromatic N) is 1. The number of nitrogens with one attached hydrogen (secondary N) is 1. The SMILES string of the molecule is CC(C)[C@@H]1Cc2cc(F)ccc2S(=O)(=O)N(C[C@@H](O)[C@H](Cc2ccccc2)NC(=O)O[C@H]2CCOC2)C1. The largest absolute Gasteiger partial charge is 0.444 e. The second-order valence-electron chi connectivity index (χ2n) is 10.2. The summed E-state index contributed by atoms with van der Waals surface area (Å²) in [4.78, 5) is 12.7. The molecule has 4 rings (SSSR count). The van der Waals surface area contributed by atoms with Gasteiger partial charge in [0.05, 0.1) is 30.3 Å². The van der Waals surface area contributed by atoms with Gasteiger partial charge in [-0.05, 0) is 54.0 Å². The van der Waals surface area contributed by atoms with Crippen molar-refractivity contribution in [2.75, 3.05) is 26.3 Å². The van der Waals surface area contributed by atoms with Crippen molar-refractivity contribution in [3.63, 3.8) is 0 Å². The number of aliphatic hydroxyl groups is 1. The molecule has 2 aliphatic rings.